The Morgan fingerprint density at radius 2 is 2.16 bits per heavy atom. The number of tetrazole rings is 1. The zero-order valence-corrected chi connectivity index (χ0v) is 11.7. The molecule has 0 bridgehead atoms. The van der Waals surface area contributed by atoms with Crippen molar-refractivity contribution in [2.45, 2.75) is 6.54 Å². The summed E-state index contributed by atoms with van der Waals surface area (Å²) in [5, 5.41) is 11.7. The lowest BCUT2D eigenvalue weighted by Gasteiger charge is -2.06. The van der Waals surface area contributed by atoms with Crippen molar-refractivity contribution < 1.29 is 8.42 Å². The molecule has 0 saturated heterocycles. The molecule has 19 heavy (non-hydrogen) atoms. The first-order valence-corrected chi connectivity index (χ1v) is 7.80. The molecule has 2 rings (SSSR count). The van der Waals surface area contributed by atoms with Crippen LogP contribution in [-0.4, -0.2) is 40.6 Å². The fourth-order valence-electron chi connectivity index (χ4n) is 1.52. The lowest BCUT2D eigenvalue weighted by Crippen LogP contribution is -2.13. The van der Waals surface area contributed by atoms with Gasteiger partial charge >= 0.3 is 0 Å². The van der Waals surface area contributed by atoms with Gasteiger partial charge in [-0.05, 0) is 28.6 Å². The van der Waals surface area contributed by atoms with E-state index in [0.29, 0.717) is 22.1 Å². The standard InChI is InChI=1S/C10H12ClN5O2S/c1-19(17,18)5-4-16-10(13-14-15-16)8-6-7(11)2-3-9(8)12/h2-3,6H,4-5,12H2,1H3. The number of nitrogens with zero attached hydrogens (tertiary/aromatic N) is 4. The van der Waals surface area contributed by atoms with E-state index in [1.165, 1.54) is 4.68 Å². The summed E-state index contributed by atoms with van der Waals surface area (Å²) in [5.41, 5.74) is 6.89. The van der Waals surface area contributed by atoms with Crippen LogP contribution in [0.1, 0.15) is 0 Å². The molecule has 9 heteroatoms. The van der Waals surface area contributed by atoms with E-state index in [1.807, 2.05) is 0 Å². The maximum absolute atomic E-state index is 11.2. The smallest absolute Gasteiger partial charge is 0.184 e. The van der Waals surface area contributed by atoms with Gasteiger partial charge in [0.25, 0.3) is 0 Å². The van der Waals surface area contributed by atoms with Crippen LogP contribution in [0.25, 0.3) is 11.4 Å². The van der Waals surface area contributed by atoms with E-state index < -0.39 is 9.84 Å². The number of aromatic nitrogens is 4. The van der Waals surface area contributed by atoms with E-state index in [4.69, 9.17) is 17.3 Å². The fourth-order valence-corrected chi connectivity index (χ4v) is 2.20. The molecule has 0 saturated carbocycles. The van der Waals surface area contributed by atoms with Crippen LogP contribution in [0.2, 0.25) is 5.02 Å². The number of halogens is 1. The molecule has 7 nitrogen and oxygen atoms in total. The minimum Gasteiger partial charge on any atom is -0.398 e. The van der Waals surface area contributed by atoms with Crippen LogP contribution in [0.3, 0.4) is 0 Å². The number of nitrogens with two attached hydrogens (primary N) is 1. The summed E-state index contributed by atoms with van der Waals surface area (Å²) in [4.78, 5) is 0. The van der Waals surface area contributed by atoms with Gasteiger partial charge in [-0.2, -0.15) is 0 Å². The average Bonchev–Trinajstić information content (AvgIpc) is 2.77. The third-order valence-corrected chi connectivity index (χ3v) is 3.62. The van der Waals surface area contributed by atoms with Crippen molar-refractivity contribution >= 4 is 27.1 Å². The molecule has 1 aromatic heterocycles. The molecule has 0 spiro atoms. The van der Waals surface area contributed by atoms with E-state index in [-0.39, 0.29) is 12.3 Å². The van der Waals surface area contributed by atoms with Gasteiger partial charge in [0.15, 0.2) is 5.82 Å². The highest BCUT2D eigenvalue weighted by Crippen LogP contribution is 2.26. The minimum absolute atomic E-state index is 0.0501. The monoisotopic (exact) mass is 301 g/mol. The quantitative estimate of drug-likeness (QED) is 0.830. The van der Waals surface area contributed by atoms with Crippen molar-refractivity contribution in [2.75, 3.05) is 17.7 Å². The van der Waals surface area contributed by atoms with Crippen molar-refractivity contribution in [3.63, 3.8) is 0 Å². The Kier molecular flexibility index (Phi) is 3.72. The van der Waals surface area contributed by atoms with Crippen molar-refractivity contribution in [1.29, 1.82) is 0 Å². The fraction of sp³-hybridized carbons (Fsp3) is 0.300. The summed E-state index contributed by atoms with van der Waals surface area (Å²) in [6.45, 7) is 0.160. The highest BCUT2D eigenvalue weighted by Gasteiger charge is 2.14. The van der Waals surface area contributed by atoms with Crippen LogP contribution < -0.4 is 5.73 Å². The van der Waals surface area contributed by atoms with Gasteiger partial charge < -0.3 is 5.73 Å². The molecule has 0 amide bonds. The van der Waals surface area contributed by atoms with Crippen molar-refractivity contribution in [3.05, 3.63) is 23.2 Å². The topological polar surface area (TPSA) is 104 Å². The zero-order chi connectivity index (χ0) is 14.0. The highest BCUT2D eigenvalue weighted by molar-refractivity contribution is 7.90. The van der Waals surface area contributed by atoms with Gasteiger partial charge in [0.2, 0.25) is 0 Å². The van der Waals surface area contributed by atoms with Crippen LogP contribution in [0, 0.1) is 0 Å². The predicted molar refractivity (Wildman–Crippen MR) is 72.4 cm³/mol. The molecule has 0 atom stereocenters. The SMILES string of the molecule is CS(=O)(=O)CCn1nnnc1-c1cc(Cl)ccc1N. The molecule has 0 aliphatic rings. The largest absolute Gasteiger partial charge is 0.398 e. The summed E-state index contributed by atoms with van der Waals surface area (Å²) < 4.78 is 23.7. The first-order chi connectivity index (χ1) is 8.87. The predicted octanol–water partition coefficient (Wildman–Crippen LogP) is 0.620. The molecule has 0 radical (unpaired) electrons. The van der Waals surface area contributed by atoms with Crippen LogP contribution in [-0.2, 0) is 16.4 Å². The maximum Gasteiger partial charge on any atom is 0.184 e. The minimum atomic E-state index is -3.09. The molecule has 1 aromatic carbocycles. The Hall–Kier alpha value is -1.67. The molecule has 0 aliphatic carbocycles. The van der Waals surface area contributed by atoms with E-state index in [1.54, 1.807) is 18.2 Å². The zero-order valence-electron chi connectivity index (χ0n) is 10.1. The lowest BCUT2D eigenvalue weighted by molar-refractivity contribution is 0.581. The third-order valence-electron chi connectivity index (χ3n) is 2.46. The number of nitrogen functional groups attached to an aromatic ring is 1. The summed E-state index contributed by atoms with van der Waals surface area (Å²) >= 11 is 5.91. The normalized spacial score (nSPS) is 11.7. The van der Waals surface area contributed by atoms with Gasteiger partial charge in [-0.15, -0.1) is 5.10 Å². The number of aryl methyl sites for hydroxylation is 1. The van der Waals surface area contributed by atoms with Gasteiger partial charge in [-0.25, -0.2) is 13.1 Å². The van der Waals surface area contributed by atoms with E-state index >= 15 is 0 Å². The first kappa shape index (κ1) is 13.8. The van der Waals surface area contributed by atoms with Crippen LogP contribution in [0.15, 0.2) is 18.2 Å². The molecule has 1 heterocycles. The van der Waals surface area contributed by atoms with Crippen LogP contribution >= 0.6 is 11.6 Å². The van der Waals surface area contributed by atoms with Gasteiger partial charge in [0.05, 0.1) is 12.3 Å². The average molecular weight is 302 g/mol. The molecule has 0 fully saturated rings. The van der Waals surface area contributed by atoms with Crippen molar-refractivity contribution in [3.8, 4) is 11.4 Å². The van der Waals surface area contributed by atoms with Crippen molar-refractivity contribution in [2.24, 2.45) is 0 Å². The number of sulfone groups is 1. The Bertz CT molecular complexity index is 698. The highest BCUT2D eigenvalue weighted by atomic mass is 35.5. The van der Waals surface area contributed by atoms with Gasteiger partial charge in [-0.1, -0.05) is 11.6 Å². The second-order valence-corrected chi connectivity index (χ2v) is 6.78. The summed E-state index contributed by atoms with van der Waals surface area (Å²) in [7, 11) is -3.09. The Labute approximate surface area is 115 Å². The van der Waals surface area contributed by atoms with Crippen LogP contribution in [0.5, 0.6) is 0 Å². The van der Waals surface area contributed by atoms with Gasteiger partial charge in [0.1, 0.15) is 9.84 Å². The number of anilines is 1. The lowest BCUT2D eigenvalue weighted by atomic mass is 10.1. The molecule has 2 N–H and O–H groups in total. The Morgan fingerprint density at radius 3 is 2.84 bits per heavy atom. The van der Waals surface area contributed by atoms with E-state index in [2.05, 4.69) is 15.5 Å². The van der Waals surface area contributed by atoms with E-state index in [9.17, 15) is 8.42 Å². The van der Waals surface area contributed by atoms with E-state index in [0.717, 1.165) is 6.26 Å². The van der Waals surface area contributed by atoms with Crippen LogP contribution in [0.4, 0.5) is 5.69 Å². The molecule has 0 aliphatic heterocycles. The summed E-state index contributed by atoms with van der Waals surface area (Å²) in [6, 6.07) is 4.94. The molecular formula is C10H12ClN5O2S. The number of rotatable bonds is 4. The van der Waals surface area contributed by atoms with Gasteiger partial charge in [0, 0.05) is 22.5 Å². The molecule has 0 unspecified atom stereocenters. The molecular weight excluding hydrogens is 290 g/mol. The summed E-state index contributed by atoms with van der Waals surface area (Å²) in [6.07, 6.45) is 1.16. The van der Waals surface area contributed by atoms with Crippen molar-refractivity contribution in [1.82, 2.24) is 20.2 Å². The summed E-state index contributed by atoms with van der Waals surface area (Å²) in [5.74, 6) is 0.342. The Balaban J connectivity index is 2.36. The number of hydrogen-bond donors (Lipinski definition) is 1. The Morgan fingerprint density at radius 1 is 1.42 bits per heavy atom. The number of benzene rings is 1. The second kappa shape index (κ2) is 5.14. The number of hydrogen-bond acceptors (Lipinski definition) is 6. The second-order valence-electron chi connectivity index (χ2n) is 4.09. The molecule has 102 valence electrons. The van der Waals surface area contributed by atoms with Gasteiger partial charge in [-0.3, -0.25) is 0 Å². The molecule has 2 aromatic rings. The maximum atomic E-state index is 11.2. The third kappa shape index (κ3) is 3.42. The first-order valence-electron chi connectivity index (χ1n) is 5.36.